The van der Waals surface area contributed by atoms with Gasteiger partial charge >= 0.3 is 6.09 Å². The van der Waals surface area contributed by atoms with E-state index in [1.807, 2.05) is 42.6 Å². The van der Waals surface area contributed by atoms with Crippen LogP contribution in [0.2, 0.25) is 0 Å². The molecule has 2 aliphatic rings. The van der Waals surface area contributed by atoms with Crippen molar-refractivity contribution in [1.82, 2.24) is 14.8 Å². The molecule has 2 aliphatic heterocycles. The minimum Gasteiger partial charge on any atom is -0.439 e. The van der Waals surface area contributed by atoms with Gasteiger partial charge < -0.3 is 14.8 Å². The smallest absolute Gasteiger partial charge is 0.410 e. The summed E-state index contributed by atoms with van der Waals surface area (Å²) in [7, 11) is 0. The fraction of sp³-hybridized carbons (Fsp3) is 0.333. The van der Waals surface area contributed by atoms with E-state index in [0.717, 1.165) is 67.5 Å². The number of morpholine rings is 1. The van der Waals surface area contributed by atoms with Crippen LogP contribution in [0.3, 0.4) is 0 Å². The van der Waals surface area contributed by atoms with Crippen LogP contribution in [0.25, 0.3) is 11.1 Å². The Hall–Kier alpha value is -3.42. The lowest BCUT2D eigenvalue weighted by atomic mass is 10.1. The van der Waals surface area contributed by atoms with E-state index in [9.17, 15) is 4.79 Å². The molecule has 1 N–H and O–H groups in total. The van der Waals surface area contributed by atoms with Gasteiger partial charge in [-0.15, -0.1) is 0 Å². The number of amides is 1. The summed E-state index contributed by atoms with van der Waals surface area (Å²) in [5.41, 5.74) is 4.27. The highest BCUT2D eigenvalue weighted by Crippen LogP contribution is 2.28. The minimum absolute atomic E-state index is 0.208. The van der Waals surface area contributed by atoms with E-state index in [-0.39, 0.29) is 12.2 Å². The van der Waals surface area contributed by atoms with Crippen LogP contribution < -0.4 is 5.32 Å². The molecular weight excluding hydrogens is 428 g/mol. The molecule has 2 fully saturated rings. The average Bonchev–Trinajstić information content (AvgIpc) is 3.26. The molecule has 176 valence electrons. The van der Waals surface area contributed by atoms with Crippen LogP contribution in [-0.2, 0) is 16.0 Å². The Balaban J connectivity index is 1.13. The van der Waals surface area contributed by atoms with Gasteiger partial charge in [-0.3, -0.25) is 9.80 Å². The lowest BCUT2D eigenvalue weighted by Gasteiger charge is -2.26. The molecule has 1 atom stereocenters. The van der Waals surface area contributed by atoms with Crippen molar-refractivity contribution in [3.8, 4) is 11.1 Å². The van der Waals surface area contributed by atoms with Gasteiger partial charge in [0.15, 0.2) is 0 Å². The number of hydrogen-bond acceptors (Lipinski definition) is 6. The highest BCUT2D eigenvalue weighted by Gasteiger charge is 2.32. The highest BCUT2D eigenvalue weighted by atomic mass is 16.6. The number of ether oxygens (including phenoxy) is 2. The van der Waals surface area contributed by atoms with Gasteiger partial charge in [0.2, 0.25) is 0 Å². The Morgan fingerprint density at radius 2 is 1.71 bits per heavy atom. The first-order valence-corrected chi connectivity index (χ1v) is 11.8. The van der Waals surface area contributed by atoms with Crippen molar-refractivity contribution in [3.05, 3.63) is 84.1 Å². The van der Waals surface area contributed by atoms with E-state index in [1.54, 1.807) is 4.90 Å². The SMILES string of the molecule is O=C1O[C@H](c2ccccc2)CN1Cc1ccc(-c2ccc(NCCN3CCOCC3)nc2)cc1. The summed E-state index contributed by atoms with van der Waals surface area (Å²) in [6, 6.07) is 22.3. The second kappa shape index (κ2) is 10.7. The quantitative estimate of drug-likeness (QED) is 0.546. The predicted octanol–water partition coefficient (Wildman–Crippen LogP) is 4.19. The fourth-order valence-electron chi connectivity index (χ4n) is 4.34. The van der Waals surface area contributed by atoms with Gasteiger partial charge in [-0.1, -0.05) is 54.6 Å². The van der Waals surface area contributed by atoms with Crippen LogP contribution in [0.15, 0.2) is 72.9 Å². The first kappa shape index (κ1) is 22.4. The van der Waals surface area contributed by atoms with Gasteiger partial charge in [0.1, 0.15) is 11.9 Å². The number of nitrogens with one attached hydrogen (secondary N) is 1. The zero-order valence-electron chi connectivity index (χ0n) is 19.2. The van der Waals surface area contributed by atoms with E-state index >= 15 is 0 Å². The molecule has 2 aromatic carbocycles. The Morgan fingerprint density at radius 3 is 2.44 bits per heavy atom. The van der Waals surface area contributed by atoms with Gasteiger partial charge in [-0.25, -0.2) is 9.78 Å². The number of rotatable bonds is 8. The Labute approximate surface area is 200 Å². The summed E-state index contributed by atoms with van der Waals surface area (Å²) >= 11 is 0. The van der Waals surface area contributed by atoms with Crippen LogP contribution in [0.5, 0.6) is 0 Å². The molecule has 0 unspecified atom stereocenters. The molecule has 7 nitrogen and oxygen atoms in total. The summed E-state index contributed by atoms with van der Waals surface area (Å²) in [6.45, 7) is 6.59. The average molecular weight is 459 g/mol. The standard InChI is InChI=1S/C27H30N4O3/c32-27-31(20-25(34-27)23-4-2-1-3-5-23)19-21-6-8-22(9-7-21)24-10-11-26(29-18-24)28-12-13-30-14-16-33-17-15-30/h1-11,18,25H,12-17,19-20H2,(H,28,29)/t25-/m0/s1. The maximum absolute atomic E-state index is 12.3. The van der Waals surface area contributed by atoms with Gasteiger partial charge in [0.05, 0.1) is 19.8 Å². The van der Waals surface area contributed by atoms with E-state index in [0.29, 0.717) is 13.1 Å². The molecule has 34 heavy (non-hydrogen) atoms. The molecule has 0 saturated carbocycles. The van der Waals surface area contributed by atoms with E-state index < -0.39 is 0 Å². The van der Waals surface area contributed by atoms with Gasteiger partial charge in [0, 0.05) is 44.5 Å². The molecule has 3 heterocycles. The summed E-state index contributed by atoms with van der Waals surface area (Å²) in [5.74, 6) is 0.883. The first-order valence-electron chi connectivity index (χ1n) is 11.8. The topological polar surface area (TPSA) is 66.9 Å². The molecule has 0 spiro atoms. The predicted molar refractivity (Wildman–Crippen MR) is 131 cm³/mol. The molecular formula is C27H30N4O3. The number of hydrogen-bond donors (Lipinski definition) is 1. The zero-order valence-corrected chi connectivity index (χ0v) is 19.2. The number of carbonyl (C=O) groups is 1. The summed E-state index contributed by atoms with van der Waals surface area (Å²) in [6.07, 6.45) is 1.42. The largest absolute Gasteiger partial charge is 0.439 e. The van der Waals surface area contributed by atoms with Crippen molar-refractivity contribution >= 4 is 11.9 Å². The molecule has 2 saturated heterocycles. The number of nitrogens with zero attached hydrogens (tertiary/aromatic N) is 3. The molecule has 5 rings (SSSR count). The van der Waals surface area contributed by atoms with Gasteiger partial charge in [-0.2, -0.15) is 0 Å². The molecule has 3 aromatic rings. The van der Waals surface area contributed by atoms with Crippen LogP contribution in [-0.4, -0.2) is 66.8 Å². The Morgan fingerprint density at radius 1 is 0.941 bits per heavy atom. The van der Waals surface area contributed by atoms with Gasteiger partial charge in [0.25, 0.3) is 0 Å². The third-order valence-corrected chi connectivity index (χ3v) is 6.32. The lowest BCUT2D eigenvalue weighted by molar-refractivity contribution is 0.0398. The number of anilines is 1. The summed E-state index contributed by atoms with van der Waals surface area (Å²) in [4.78, 5) is 21.1. The second-order valence-electron chi connectivity index (χ2n) is 8.67. The third-order valence-electron chi connectivity index (χ3n) is 6.32. The normalized spacial score (nSPS) is 18.6. The number of cyclic esters (lactones) is 1. The molecule has 1 amide bonds. The third kappa shape index (κ3) is 5.55. The van der Waals surface area contributed by atoms with Crippen molar-refractivity contribution in [3.63, 3.8) is 0 Å². The highest BCUT2D eigenvalue weighted by molar-refractivity contribution is 5.70. The summed E-state index contributed by atoms with van der Waals surface area (Å²) < 4.78 is 11.0. The number of aromatic nitrogens is 1. The van der Waals surface area contributed by atoms with Crippen molar-refractivity contribution in [2.45, 2.75) is 12.6 Å². The van der Waals surface area contributed by atoms with Crippen molar-refractivity contribution < 1.29 is 14.3 Å². The van der Waals surface area contributed by atoms with Crippen LogP contribution in [0.1, 0.15) is 17.2 Å². The van der Waals surface area contributed by atoms with Crippen LogP contribution >= 0.6 is 0 Å². The number of carbonyl (C=O) groups excluding carboxylic acids is 1. The van der Waals surface area contributed by atoms with Crippen molar-refractivity contribution in [1.29, 1.82) is 0 Å². The minimum atomic E-state index is -0.265. The van der Waals surface area contributed by atoms with E-state index in [1.165, 1.54) is 0 Å². The lowest BCUT2D eigenvalue weighted by Crippen LogP contribution is -2.39. The maximum atomic E-state index is 12.3. The number of benzene rings is 2. The first-order chi connectivity index (χ1) is 16.7. The van der Waals surface area contributed by atoms with Crippen LogP contribution in [0, 0.1) is 0 Å². The van der Waals surface area contributed by atoms with Crippen LogP contribution in [0.4, 0.5) is 10.6 Å². The summed E-state index contributed by atoms with van der Waals surface area (Å²) in [5, 5.41) is 3.40. The van der Waals surface area contributed by atoms with E-state index in [2.05, 4.69) is 45.5 Å². The second-order valence-corrected chi connectivity index (χ2v) is 8.67. The van der Waals surface area contributed by atoms with Gasteiger partial charge in [-0.05, 0) is 28.8 Å². The molecule has 0 radical (unpaired) electrons. The maximum Gasteiger partial charge on any atom is 0.410 e. The monoisotopic (exact) mass is 458 g/mol. The van der Waals surface area contributed by atoms with Crippen molar-refractivity contribution in [2.75, 3.05) is 51.3 Å². The number of pyridine rings is 1. The molecule has 7 heteroatoms. The Bertz CT molecular complexity index is 1070. The zero-order chi connectivity index (χ0) is 23.2. The fourth-order valence-corrected chi connectivity index (χ4v) is 4.34. The van der Waals surface area contributed by atoms with Crippen molar-refractivity contribution in [2.24, 2.45) is 0 Å². The Kier molecular flexibility index (Phi) is 7.02. The molecule has 0 bridgehead atoms. The molecule has 0 aliphatic carbocycles. The molecule has 1 aromatic heterocycles. The van der Waals surface area contributed by atoms with E-state index in [4.69, 9.17) is 9.47 Å².